The molecule has 0 aromatic rings. The van der Waals surface area contributed by atoms with Crippen LogP contribution in [0.2, 0.25) is 0 Å². The summed E-state index contributed by atoms with van der Waals surface area (Å²) in [6, 6.07) is 0. The van der Waals surface area contributed by atoms with E-state index in [9.17, 15) is 4.79 Å². The summed E-state index contributed by atoms with van der Waals surface area (Å²) in [5.41, 5.74) is 0.690. The highest BCUT2D eigenvalue weighted by molar-refractivity contribution is 5.87. The van der Waals surface area contributed by atoms with E-state index < -0.39 is 0 Å². The summed E-state index contributed by atoms with van der Waals surface area (Å²) in [5.74, 6) is 2.48. The fourth-order valence-corrected chi connectivity index (χ4v) is 8.12. The Bertz CT molecular complexity index is 594. The summed E-state index contributed by atoms with van der Waals surface area (Å²) in [4.78, 5) is 12.6. The third-order valence-corrected chi connectivity index (χ3v) is 9.87. The molecule has 4 saturated carbocycles. The average Bonchev–Trinajstić information content (AvgIpc) is 3.14. The van der Waals surface area contributed by atoms with Crippen LogP contribution in [-0.4, -0.2) is 24.8 Å². The van der Waals surface area contributed by atoms with Crippen molar-refractivity contribution >= 4 is 5.78 Å². The molecule has 0 aromatic heterocycles. The molecule has 0 unspecified atom stereocenters. The lowest BCUT2D eigenvalue weighted by atomic mass is 9.40. The lowest BCUT2D eigenvalue weighted by molar-refractivity contribution is -0.256. The minimum Gasteiger partial charge on any atom is -0.348 e. The van der Waals surface area contributed by atoms with Gasteiger partial charge in [-0.25, -0.2) is 0 Å². The van der Waals surface area contributed by atoms with Gasteiger partial charge in [-0.05, 0) is 67.1 Å². The van der Waals surface area contributed by atoms with Gasteiger partial charge in [0.15, 0.2) is 5.79 Å². The molecule has 1 saturated heterocycles. The van der Waals surface area contributed by atoms with E-state index in [2.05, 4.69) is 20.8 Å². The molecule has 4 aliphatic carbocycles. The SMILES string of the molecule is C[C@@]12CC[C@@H]3[C@H]4CCC(=O)[C@]4(C)CC[C@H]3[C@@]1(C)CCC1(C2)OCCO1. The van der Waals surface area contributed by atoms with E-state index in [1.807, 2.05) is 0 Å². The van der Waals surface area contributed by atoms with Gasteiger partial charge in [0.2, 0.25) is 0 Å². The first-order valence-electron chi connectivity index (χ1n) is 10.6. The fourth-order valence-electron chi connectivity index (χ4n) is 8.12. The number of Topliss-reactive ketones (excluding diaryl/α,β-unsaturated/α-hetero) is 1. The second kappa shape index (κ2) is 5.10. The third-order valence-electron chi connectivity index (χ3n) is 9.87. The standard InChI is InChI=1S/C22H34O3/c1-19-8-6-15-16-4-5-18(23)20(16,2)9-7-17(15)21(19,3)10-11-22(14-19)24-12-13-25-22/h15-17H,4-14H2,1-3H3/t15-,16-,17-,19+,20-,21-/m1/s1. The van der Waals surface area contributed by atoms with Crippen LogP contribution in [0.1, 0.15) is 78.6 Å². The van der Waals surface area contributed by atoms with E-state index in [-0.39, 0.29) is 11.2 Å². The van der Waals surface area contributed by atoms with Crippen LogP contribution >= 0.6 is 0 Å². The molecule has 3 nitrogen and oxygen atoms in total. The van der Waals surface area contributed by atoms with Crippen molar-refractivity contribution in [2.75, 3.05) is 13.2 Å². The van der Waals surface area contributed by atoms with Crippen LogP contribution < -0.4 is 0 Å². The number of carbonyl (C=O) groups excluding carboxylic acids is 1. The fraction of sp³-hybridized carbons (Fsp3) is 0.955. The first kappa shape index (κ1) is 16.7. The third kappa shape index (κ3) is 2.03. The van der Waals surface area contributed by atoms with Crippen molar-refractivity contribution in [3.8, 4) is 0 Å². The molecule has 25 heavy (non-hydrogen) atoms. The zero-order valence-electron chi connectivity index (χ0n) is 16.2. The maximum Gasteiger partial charge on any atom is 0.169 e. The van der Waals surface area contributed by atoms with E-state index in [4.69, 9.17) is 9.47 Å². The second-order valence-corrected chi connectivity index (χ2v) is 10.6. The Morgan fingerprint density at radius 3 is 2.40 bits per heavy atom. The predicted octanol–water partition coefficient (Wildman–Crippen LogP) is 4.73. The van der Waals surface area contributed by atoms with Crippen molar-refractivity contribution in [2.24, 2.45) is 34.0 Å². The molecular formula is C22H34O3. The molecule has 5 rings (SSSR count). The van der Waals surface area contributed by atoms with Gasteiger partial charge in [-0.2, -0.15) is 0 Å². The molecule has 140 valence electrons. The Morgan fingerprint density at radius 2 is 1.64 bits per heavy atom. The molecule has 3 heteroatoms. The van der Waals surface area contributed by atoms with Gasteiger partial charge >= 0.3 is 0 Å². The second-order valence-electron chi connectivity index (χ2n) is 10.6. The van der Waals surface area contributed by atoms with E-state index in [1.54, 1.807) is 0 Å². The molecule has 5 fully saturated rings. The van der Waals surface area contributed by atoms with Gasteiger partial charge in [0.1, 0.15) is 5.78 Å². The molecule has 1 spiro atoms. The Hall–Kier alpha value is -0.410. The van der Waals surface area contributed by atoms with Crippen molar-refractivity contribution in [2.45, 2.75) is 84.3 Å². The van der Waals surface area contributed by atoms with Crippen LogP contribution in [-0.2, 0) is 14.3 Å². The molecule has 0 bridgehead atoms. The molecule has 6 atom stereocenters. The van der Waals surface area contributed by atoms with Crippen molar-refractivity contribution in [3.05, 3.63) is 0 Å². The van der Waals surface area contributed by atoms with Crippen molar-refractivity contribution in [3.63, 3.8) is 0 Å². The monoisotopic (exact) mass is 346 g/mol. The number of carbonyl (C=O) groups is 1. The largest absolute Gasteiger partial charge is 0.348 e. The van der Waals surface area contributed by atoms with Gasteiger partial charge in [-0.3, -0.25) is 4.79 Å². The topological polar surface area (TPSA) is 35.5 Å². The van der Waals surface area contributed by atoms with Crippen LogP contribution in [0.5, 0.6) is 0 Å². The molecule has 0 aromatic carbocycles. The van der Waals surface area contributed by atoms with Gasteiger partial charge in [-0.15, -0.1) is 0 Å². The number of hydrogen-bond donors (Lipinski definition) is 0. The summed E-state index contributed by atoms with van der Waals surface area (Å²) in [5, 5.41) is 0. The van der Waals surface area contributed by atoms with Crippen molar-refractivity contribution in [1.29, 1.82) is 0 Å². The van der Waals surface area contributed by atoms with Crippen molar-refractivity contribution < 1.29 is 14.3 Å². The molecule has 0 radical (unpaired) electrons. The minimum atomic E-state index is -0.284. The summed E-state index contributed by atoms with van der Waals surface area (Å²) >= 11 is 0. The van der Waals surface area contributed by atoms with E-state index in [1.165, 1.54) is 25.7 Å². The quantitative estimate of drug-likeness (QED) is 0.636. The number of ether oxygens (including phenoxy) is 2. The summed E-state index contributed by atoms with van der Waals surface area (Å²) in [6.07, 6.45) is 10.3. The highest BCUT2D eigenvalue weighted by Gasteiger charge is 2.65. The molecule has 0 N–H and O–H groups in total. The number of ketones is 1. The van der Waals surface area contributed by atoms with Crippen LogP contribution in [0.25, 0.3) is 0 Å². The number of rotatable bonds is 0. The molecule has 5 aliphatic rings. The Morgan fingerprint density at radius 1 is 0.880 bits per heavy atom. The molecule has 0 amide bonds. The summed E-state index contributed by atoms with van der Waals surface area (Å²) in [6.45, 7) is 8.91. The van der Waals surface area contributed by atoms with Gasteiger partial charge in [-0.1, -0.05) is 20.8 Å². The normalized spacial score (nSPS) is 54.2. The van der Waals surface area contributed by atoms with Gasteiger partial charge < -0.3 is 9.47 Å². The zero-order chi connectivity index (χ0) is 17.5. The van der Waals surface area contributed by atoms with Crippen LogP contribution in [0.3, 0.4) is 0 Å². The predicted molar refractivity (Wildman–Crippen MR) is 96.0 cm³/mol. The highest BCUT2D eigenvalue weighted by atomic mass is 16.7. The maximum atomic E-state index is 12.6. The summed E-state index contributed by atoms with van der Waals surface area (Å²) < 4.78 is 12.2. The Labute approximate surface area is 152 Å². The molecule has 1 heterocycles. The molecular weight excluding hydrogens is 312 g/mol. The first-order chi connectivity index (χ1) is 11.8. The Balaban J connectivity index is 1.46. The van der Waals surface area contributed by atoms with E-state index in [0.29, 0.717) is 22.5 Å². The lowest BCUT2D eigenvalue weighted by Gasteiger charge is -2.65. The van der Waals surface area contributed by atoms with Crippen LogP contribution in [0, 0.1) is 34.0 Å². The maximum absolute atomic E-state index is 12.6. The van der Waals surface area contributed by atoms with Gasteiger partial charge in [0.25, 0.3) is 0 Å². The average molecular weight is 347 g/mol. The van der Waals surface area contributed by atoms with Crippen molar-refractivity contribution in [1.82, 2.24) is 0 Å². The smallest absolute Gasteiger partial charge is 0.169 e. The van der Waals surface area contributed by atoms with Gasteiger partial charge in [0.05, 0.1) is 13.2 Å². The highest BCUT2D eigenvalue weighted by Crippen LogP contribution is 2.70. The number of hydrogen-bond acceptors (Lipinski definition) is 3. The van der Waals surface area contributed by atoms with Gasteiger partial charge in [0, 0.05) is 24.7 Å². The van der Waals surface area contributed by atoms with E-state index in [0.717, 1.165) is 57.2 Å². The molecule has 1 aliphatic heterocycles. The number of fused-ring (bicyclic) bond motifs is 5. The van der Waals surface area contributed by atoms with Crippen LogP contribution in [0.15, 0.2) is 0 Å². The Kier molecular flexibility index (Phi) is 3.41. The zero-order valence-corrected chi connectivity index (χ0v) is 16.2. The minimum absolute atomic E-state index is 0.00116. The van der Waals surface area contributed by atoms with Crippen LogP contribution in [0.4, 0.5) is 0 Å². The lowest BCUT2D eigenvalue weighted by Crippen LogP contribution is -2.60. The van der Waals surface area contributed by atoms with E-state index >= 15 is 0 Å². The first-order valence-corrected chi connectivity index (χ1v) is 10.6. The summed E-state index contributed by atoms with van der Waals surface area (Å²) in [7, 11) is 0.